The molecule has 0 radical (unpaired) electrons. The van der Waals surface area contributed by atoms with Crippen molar-refractivity contribution in [2.75, 3.05) is 11.9 Å². The van der Waals surface area contributed by atoms with Crippen molar-refractivity contribution in [2.24, 2.45) is 0 Å². The van der Waals surface area contributed by atoms with Crippen LogP contribution in [0.2, 0.25) is 0 Å². The molecule has 0 bridgehead atoms. The molecule has 110 valence electrons. The van der Waals surface area contributed by atoms with E-state index in [1.165, 1.54) is 0 Å². The number of benzene rings is 2. The molecule has 2 rings (SSSR count). The van der Waals surface area contributed by atoms with E-state index in [9.17, 15) is 9.90 Å². The van der Waals surface area contributed by atoms with Gasteiger partial charge in [0, 0.05) is 18.7 Å². The Bertz CT molecular complexity index is 593. The van der Waals surface area contributed by atoms with Gasteiger partial charge in [-0.1, -0.05) is 30.3 Å². The molecule has 0 saturated carbocycles. The number of phenolic OH excluding ortho intramolecular Hbond substituents is 1. The molecule has 0 fully saturated rings. The van der Waals surface area contributed by atoms with Crippen molar-refractivity contribution in [1.29, 1.82) is 0 Å². The second-order valence-electron chi connectivity index (χ2n) is 4.85. The zero-order valence-corrected chi connectivity index (χ0v) is 11.7. The lowest BCUT2D eigenvalue weighted by molar-refractivity contribution is -0.116. The molecule has 3 N–H and O–H groups in total. The number of hydrogen-bond acceptors (Lipinski definition) is 3. The Morgan fingerprint density at radius 1 is 1.00 bits per heavy atom. The molecule has 2 aromatic carbocycles. The number of aliphatic hydroxyl groups excluding tert-OH is 1. The van der Waals surface area contributed by atoms with Gasteiger partial charge in [0.05, 0.1) is 0 Å². The van der Waals surface area contributed by atoms with Crippen LogP contribution >= 0.6 is 0 Å². The Morgan fingerprint density at radius 2 is 1.71 bits per heavy atom. The maximum atomic E-state index is 11.9. The molecule has 4 nitrogen and oxygen atoms in total. The molecule has 0 aliphatic carbocycles. The number of nitrogens with one attached hydrogen (secondary N) is 1. The number of carbonyl (C=O) groups is 1. The van der Waals surface area contributed by atoms with Crippen molar-refractivity contribution in [2.45, 2.75) is 19.3 Å². The summed E-state index contributed by atoms with van der Waals surface area (Å²) in [6, 6.07) is 14.4. The quantitative estimate of drug-likeness (QED) is 0.763. The SMILES string of the molecule is O=C(CCc1ccccc1O)Nc1ccc(CCO)cc1. The fraction of sp³-hybridized carbons (Fsp3) is 0.235. The van der Waals surface area contributed by atoms with Gasteiger partial charge in [-0.25, -0.2) is 0 Å². The number of rotatable bonds is 6. The summed E-state index contributed by atoms with van der Waals surface area (Å²) in [4.78, 5) is 11.9. The number of amides is 1. The summed E-state index contributed by atoms with van der Waals surface area (Å²) in [6.07, 6.45) is 1.43. The fourth-order valence-electron chi connectivity index (χ4n) is 2.08. The Hall–Kier alpha value is -2.33. The Kier molecular flexibility index (Phi) is 5.35. The monoisotopic (exact) mass is 285 g/mol. The molecule has 2 aromatic rings. The Labute approximate surface area is 124 Å². The summed E-state index contributed by atoms with van der Waals surface area (Å²) in [5.74, 6) is 0.131. The van der Waals surface area contributed by atoms with Gasteiger partial charge in [0.2, 0.25) is 5.91 Å². The highest BCUT2D eigenvalue weighted by Crippen LogP contribution is 2.17. The van der Waals surface area contributed by atoms with E-state index in [-0.39, 0.29) is 18.3 Å². The molecule has 1 amide bonds. The zero-order chi connectivity index (χ0) is 15.1. The first-order chi connectivity index (χ1) is 10.2. The molecule has 0 unspecified atom stereocenters. The minimum Gasteiger partial charge on any atom is -0.508 e. The Balaban J connectivity index is 1.85. The maximum Gasteiger partial charge on any atom is 0.224 e. The van der Waals surface area contributed by atoms with Gasteiger partial charge < -0.3 is 15.5 Å². The van der Waals surface area contributed by atoms with Crippen LogP contribution in [0.4, 0.5) is 5.69 Å². The van der Waals surface area contributed by atoms with Crippen molar-refractivity contribution < 1.29 is 15.0 Å². The predicted octanol–water partition coefficient (Wildman–Crippen LogP) is 2.50. The van der Waals surface area contributed by atoms with Crippen LogP contribution in [0.5, 0.6) is 5.75 Å². The summed E-state index contributed by atoms with van der Waals surface area (Å²) in [7, 11) is 0. The van der Waals surface area contributed by atoms with Crippen LogP contribution in [0.25, 0.3) is 0 Å². The number of phenols is 1. The van der Waals surface area contributed by atoms with Crippen LogP contribution in [0.3, 0.4) is 0 Å². The molecule has 0 aliphatic rings. The molecule has 0 aromatic heterocycles. The minimum absolute atomic E-state index is 0.0897. The first kappa shape index (κ1) is 15.1. The minimum atomic E-state index is -0.0897. The van der Waals surface area contributed by atoms with Gasteiger partial charge in [-0.15, -0.1) is 0 Å². The number of aliphatic hydroxyl groups is 1. The van der Waals surface area contributed by atoms with Crippen LogP contribution in [-0.2, 0) is 17.6 Å². The number of para-hydroxylation sites is 1. The molecule has 0 heterocycles. The molecule has 4 heteroatoms. The van der Waals surface area contributed by atoms with E-state index in [1.807, 2.05) is 36.4 Å². The second-order valence-corrected chi connectivity index (χ2v) is 4.85. The summed E-state index contributed by atoms with van der Waals surface area (Å²) >= 11 is 0. The number of hydrogen-bond donors (Lipinski definition) is 3. The highest BCUT2D eigenvalue weighted by molar-refractivity contribution is 5.90. The van der Waals surface area contributed by atoms with E-state index in [0.717, 1.165) is 16.8 Å². The largest absolute Gasteiger partial charge is 0.508 e. The number of anilines is 1. The maximum absolute atomic E-state index is 11.9. The molecular formula is C17H19NO3. The lowest BCUT2D eigenvalue weighted by atomic mass is 10.1. The van der Waals surface area contributed by atoms with Crippen LogP contribution in [0, 0.1) is 0 Å². The molecular weight excluding hydrogens is 266 g/mol. The summed E-state index contributed by atoms with van der Waals surface area (Å²) in [5, 5.41) is 21.3. The molecule has 0 atom stereocenters. The summed E-state index contributed by atoms with van der Waals surface area (Å²) in [6.45, 7) is 0.117. The van der Waals surface area contributed by atoms with E-state index in [1.54, 1.807) is 12.1 Å². The Morgan fingerprint density at radius 3 is 2.38 bits per heavy atom. The zero-order valence-electron chi connectivity index (χ0n) is 11.7. The highest BCUT2D eigenvalue weighted by atomic mass is 16.3. The lowest BCUT2D eigenvalue weighted by Crippen LogP contribution is -2.12. The van der Waals surface area contributed by atoms with Gasteiger partial charge in [-0.2, -0.15) is 0 Å². The average Bonchev–Trinajstić information content (AvgIpc) is 2.49. The second kappa shape index (κ2) is 7.45. The number of aryl methyl sites for hydroxylation is 1. The van der Waals surface area contributed by atoms with Crippen LogP contribution in [-0.4, -0.2) is 22.7 Å². The topological polar surface area (TPSA) is 69.6 Å². The van der Waals surface area contributed by atoms with Crippen LogP contribution in [0.1, 0.15) is 17.5 Å². The first-order valence-corrected chi connectivity index (χ1v) is 6.95. The van der Waals surface area contributed by atoms with E-state index in [4.69, 9.17) is 5.11 Å². The van der Waals surface area contributed by atoms with E-state index >= 15 is 0 Å². The summed E-state index contributed by atoms with van der Waals surface area (Å²) < 4.78 is 0. The van der Waals surface area contributed by atoms with Crippen molar-refractivity contribution in [3.63, 3.8) is 0 Å². The van der Waals surface area contributed by atoms with E-state index in [0.29, 0.717) is 19.3 Å². The van der Waals surface area contributed by atoms with Gasteiger partial charge >= 0.3 is 0 Å². The molecule has 0 saturated heterocycles. The highest BCUT2D eigenvalue weighted by Gasteiger charge is 2.05. The third kappa shape index (κ3) is 4.61. The van der Waals surface area contributed by atoms with Crippen molar-refractivity contribution in [3.8, 4) is 5.75 Å². The predicted molar refractivity (Wildman–Crippen MR) is 82.3 cm³/mol. The molecule has 0 spiro atoms. The van der Waals surface area contributed by atoms with Crippen LogP contribution in [0.15, 0.2) is 48.5 Å². The van der Waals surface area contributed by atoms with Crippen molar-refractivity contribution >= 4 is 11.6 Å². The smallest absolute Gasteiger partial charge is 0.224 e. The molecule has 21 heavy (non-hydrogen) atoms. The normalized spacial score (nSPS) is 10.3. The van der Waals surface area contributed by atoms with Crippen molar-refractivity contribution in [1.82, 2.24) is 0 Å². The average molecular weight is 285 g/mol. The van der Waals surface area contributed by atoms with Crippen molar-refractivity contribution in [3.05, 3.63) is 59.7 Å². The summed E-state index contributed by atoms with van der Waals surface area (Å²) in [5.41, 5.74) is 2.54. The number of carbonyl (C=O) groups excluding carboxylic acids is 1. The van der Waals surface area contributed by atoms with Crippen LogP contribution < -0.4 is 5.32 Å². The third-order valence-electron chi connectivity index (χ3n) is 3.25. The van der Waals surface area contributed by atoms with Gasteiger partial charge in [0.25, 0.3) is 0 Å². The number of aromatic hydroxyl groups is 1. The van der Waals surface area contributed by atoms with E-state index in [2.05, 4.69) is 5.32 Å². The van der Waals surface area contributed by atoms with Gasteiger partial charge in [0.1, 0.15) is 5.75 Å². The third-order valence-corrected chi connectivity index (χ3v) is 3.25. The lowest BCUT2D eigenvalue weighted by Gasteiger charge is -2.07. The van der Waals surface area contributed by atoms with E-state index < -0.39 is 0 Å². The van der Waals surface area contributed by atoms with Gasteiger partial charge in [-0.05, 0) is 42.2 Å². The van der Waals surface area contributed by atoms with Gasteiger partial charge in [0.15, 0.2) is 0 Å². The fourth-order valence-corrected chi connectivity index (χ4v) is 2.08. The first-order valence-electron chi connectivity index (χ1n) is 6.95. The molecule has 0 aliphatic heterocycles. The van der Waals surface area contributed by atoms with Gasteiger partial charge in [-0.3, -0.25) is 4.79 Å². The standard InChI is InChI=1S/C17H19NO3/c19-12-11-13-5-8-15(9-6-13)18-17(21)10-7-14-3-1-2-4-16(14)20/h1-6,8-9,19-20H,7,10-12H2,(H,18,21).